The second kappa shape index (κ2) is 7.94. The third-order valence-corrected chi connectivity index (χ3v) is 4.22. The van der Waals surface area contributed by atoms with E-state index in [1.165, 1.54) is 5.56 Å². The summed E-state index contributed by atoms with van der Waals surface area (Å²) in [5.74, 6) is 0.196. The van der Waals surface area contributed by atoms with E-state index in [1.54, 1.807) is 12.3 Å². The lowest BCUT2D eigenvalue weighted by molar-refractivity contribution is 0.0927. The summed E-state index contributed by atoms with van der Waals surface area (Å²) in [5.41, 5.74) is 4.26. The van der Waals surface area contributed by atoms with Crippen LogP contribution in [0.25, 0.3) is 11.0 Å². The van der Waals surface area contributed by atoms with Crippen molar-refractivity contribution >= 4 is 16.9 Å². The summed E-state index contributed by atoms with van der Waals surface area (Å²) < 4.78 is 5.67. The molecule has 0 saturated carbocycles. The first kappa shape index (κ1) is 17.2. The van der Waals surface area contributed by atoms with Crippen LogP contribution >= 0.6 is 0 Å². The van der Waals surface area contributed by atoms with Gasteiger partial charge in [-0.2, -0.15) is 0 Å². The zero-order chi connectivity index (χ0) is 17.6. The summed E-state index contributed by atoms with van der Waals surface area (Å²) in [7, 11) is 0. The summed E-state index contributed by atoms with van der Waals surface area (Å²) in [6.07, 6.45) is 4.46. The van der Waals surface area contributed by atoms with E-state index in [0.717, 1.165) is 41.6 Å². The van der Waals surface area contributed by atoms with E-state index in [1.807, 2.05) is 37.4 Å². The van der Waals surface area contributed by atoms with Crippen molar-refractivity contribution in [3.05, 3.63) is 65.2 Å². The molecule has 2 aromatic heterocycles. The maximum absolute atomic E-state index is 12.2. The van der Waals surface area contributed by atoms with Gasteiger partial charge in [0.15, 0.2) is 5.76 Å². The zero-order valence-electron chi connectivity index (χ0n) is 14.6. The lowest BCUT2D eigenvalue weighted by atomic mass is 10.1. The lowest BCUT2D eigenvalue weighted by Crippen LogP contribution is -2.26. The van der Waals surface area contributed by atoms with Gasteiger partial charge in [-0.15, -0.1) is 0 Å². The Morgan fingerprint density at radius 3 is 2.80 bits per heavy atom. The van der Waals surface area contributed by atoms with E-state index in [2.05, 4.69) is 22.5 Å². The average molecular weight is 337 g/mol. The molecule has 5 heteroatoms. The second-order valence-corrected chi connectivity index (χ2v) is 6.23. The molecule has 2 N–H and O–H groups in total. The van der Waals surface area contributed by atoms with Crippen LogP contribution in [0.4, 0.5) is 0 Å². The van der Waals surface area contributed by atoms with Crippen LogP contribution in [0.5, 0.6) is 0 Å². The molecule has 0 bridgehead atoms. The highest BCUT2D eigenvalue weighted by Crippen LogP contribution is 2.23. The third kappa shape index (κ3) is 4.45. The van der Waals surface area contributed by atoms with Crippen molar-refractivity contribution in [2.24, 2.45) is 0 Å². The number of aryl methyl sites for hydroxylation is 2. The summed E-state index contributed by atoms with van der Waals surface area (Å²) in [6.45, 7) is 6.31. The first-order chi connectivity index (χ1) is 12.1. The molecule has 0 spiro atoms. The number of rotatable bonds is 7. The second-order valence-electron chi connectivity index (χ2n) is 6.23. The van der Waals surface area contributed by atoms with Crippen LogP contribution in [-0.2, 0) is 6.54 Å². The lowest BCUT2D eigenvalue weighted by Gasteiger charge is -2.05. The molecule has 0 aliphatic rings. The van der Waals surface area contributed by atoms with Gasteiger partial charge in [-0.1, -0.05) is 6.07 Å². The van der Waals surface area contributed by atoms with Crippen LogP contribution in [0.1, 0.15) is 33.7 Å². The van der Waals surface area contributed by atoms with Crippen LogP contribution in [0.3, 0.4) is 0 Å². The molecule has 0 unspecified atom stereocenters. The molecule has 3 rings (SSSR count). The Morgan fingerprint density at radius 2 is 2.00 bits per heavy atom. The topological polar surface area (TPSA) is 67.2 Å². The minimum atomic E-state index is -0.168. The number of aromatic nitrogens is 1. The van der Waals surface area contributed by atoms with E-state index in [9.17, 15) is 4.79 Å². The SMILES string of the molecule is Cc1cc2cc(C(=O)NCCCNCc3cccnc3)oc2cc1C. The maximum atomic E-state index is 12.2. The Hall–Kier alpha value is -2.66. The first-order valence-corrected chi connectivity index (χ1v) is 8.52. The van der Waals surface area contributed by atoms with E-state index in [0.29, 0.717) is 12.3 Å². The fourth-order valence-corrected chi connectivity index (χ4v) is 2.65. The number of nitrogens with one attached hydrogen (secondary N) is 2. The Bertz CT molecular complexity index is 817. The van der Waals surface area contributed by atoms with Crippen LogP contribution < -0.4 is 10.6 Å². The van der Waals surface area contributed by atoms with Crippen molar-refractivity contribution in [2.45, 2.75) is 26.8 Å². The number of hydrogen-bond donors (Lipinski definition) is 2. The smallest absolute Gasteiger partial charge is 0.287 e. The maximum Gasteiger partial charge on any atom is 0.287 e. The fraction of sp³-hybridized carbons (Fsp3) is 0.300. The molecule has 0 fully saturated rings. The van der Waals surface area contributed by atoms with Gasteiger partial charge in [0.25, 0.3) is 5.91 Å². The molecule has 1 aromatic carbocycles. The number of pyridine rings is 1. The summed E-state index contributed by atoms with van der Waals surface area (Å²) in [4.78, 5) is 16.3. The quantitative estimate of drug-likeness (QED) is 0.649. The first-order valence-electron chi connectivity index (χ1n) is 8.52. The highest BCUT2D eigenvalue weighted by Gasteiger charge is 2.12. The summed E-state index contributed by atoms with van der Waals surface area (Å²) in [6, 6.07) is 9.79. The molecule has 130 valence electrons. The fourth-order valence-electron chi connectivity index (χ4n) is 2.65. The Labute approximate surface area is 147 Å². The summed E-state index contributed by atoms with van der Waals surface area (Å²) >= 11 is 0. The van der Waals surface area contributed by atoms with Gasteiger partial charge in [0.1, 0.15) is 5.58 Å². The molecule has 0 saturated heterocycles. The van der Waals surface area contributed by atoms with Gasteiger partial charge < -0.3 is 15.1 Å². The van der Waals surface area contributed by atoms with Crippen molar-refractivity contribution in [1.82, 2.24) is 15.6 Å². The number of fused-ring (bicyclic) bond motifs is 1. The van der Waals surface area contributed by atoms with Crippen LogP contribution in [0, 0.1) is 13.8 Å². The monoisotopic (exact) mass is 337 g/mol. The van der Waals surface area contributed by atoms with Gasteiger partial charge in [-0.25, -0.2) is 0 Å². The number of benzene rings is 1. The molecule has 25 heavy (non-hydrogen) atoms. The van der Waals surface area contributed by atoms with Gasteiger partial charge in [0.2, 0.25) is 0 Å². The molecule has 5 nitrogen and oxygen atoms in total. The number of carbonyl (C=O) groups is 1. The predicted molar refractivity (Wildman–Crippen MR) is 98.6 cm³/mol. The van der Waals surface area contributed by atoms with Gasteiger partial charge in [-0.3, -0.25) is 9.78 Å². The van der Waals surface area contributed by atoms with Crippen molar-refractivity contribution in [3.63, 3.8) is 0 Å². The predicted octanol–water partition coefficient (Wildman–Crippen LogP) is 3.35. The van der Waals surface area contributed by atoms with Crippen LogP contribution in [-0.4, -0.2) is 24.0 Å². The van der Waals surface area contributed by atoms with Crippen LogP contribution in [0.2, 0.25) is 0 Å². The zero-order valence-corrected chi connectivity index (χ0v) is 14.6. The van der Waals surface area contributed by atoms with Gasteiger partial charge in [0, 0.05) is 30.9 Å². The number of furan rings is 1. The third-order valence-electron chi connectivity index (χ3n) is 4.22. The van der Waals surface area contributed by atoms with Crippen LogP contribution in [0.15, 0.2) is 47.1 Å². The van der Waals surface area contributed by atoms with Crippen molar-refractivity contribution in [3.8, 4) is 0 Å². The van der Waals surface area contributed by atoms with Crippen molar-refractivity contribution in [2.75, 3.05) is 13.1 Å². The highest BCUT2D eigenvalue weighted by atomic mass is 16.3. The van der Waals surface area contributed by atoms with E-state index >= 15 is 0 Å². The molecule has 0 radical (unpaired) electrons. The minimum Gasteiger partial charge on any atom is -0.451 e. The molecular formula is C20H23N3O2. The molecule has 1 amide bonds. The van der Waals surface area contributed by atoms with E-state index in [4.69, 9.17) is 4.42 Å². The average Bonchev–Trinajstić information content (AvgIpc) is 3.02. The molecular weight excluding hydrogens is 314 g/mol. The number of carbonyl (C=O) groups excluding carboxylic acids is 1. The Morgan fingerprint density at radius 1 is 1.16 bits per heavy atom. The normalized spacial score (nSPS) is 11.0. The molecule has 0 atom stereocenters. The van der Waals surface area contributed by atoms with Crippen molar-refractivity contribution in [1.29, 1.82) is 0 Å². The van der Waals surface area contributed by atoms with Gasteiger partial charge in [-0.05, 0) is 67.8 Å². The minimum absolute atomic E-state index is 0.168. The number of hydrogen-bond acceptors (Lipinski definition) is 4. The number of nitrogens with zero attached hydrogens (tertiary/aromatic N) is 1. The summed E-state index contributed by atoms with van der Waals surface area (Å²) in [5, 5.41) is 7.20. The highest BCUT2D eigenvalue weighted by molar-refractivity contribution is 5.96. The van der Waals surface area contributed by atoms with Gasteiger partial charge >= 0.3 is 0 Å². The molecule has 2 heterocycles. The Balaban J connectivity index is 1.43. The van der Waals surface area contributed by atoms with E-state index < -0.39 is 0 Å². The largest absolute Gasteiger partial charge is 0.451 e. The molecule has 3 aromatic rings. The molecule has 0 aliphatic carbocycles. The standard InChI is InChI=1S/C20H23N3O2/c1-14-9-17-11-19(25-18(17)10-15(14)2)20(24)23-8-4-7-22-13-16-5-3-6-21-12-16/h3,5-6,9-12,22H,4,7-8,13H2,1-2H3,(H,23,24). The van der Waals surface area contributed by atoms with Crippen molar-refractivity contribution < 1.29 is 9.21 Å². The Kier molecular flexibility index (Phi) is 5.46. The van der Waals surface area contributed by atoms with E-state index in [-0.39, 0.29) is 5.91 Å². The molecule has 0 aliphatic heterocycles. The number of amides is 1. The van der Waals surface area contributed by atoms with Gasteiger partial charge in [0.05, 0.1) is 0 Å².